The van der Waals surface area contributed by atoms with Crippen LogP contribution in [0, 0.1) is 17.8 Å². The molecule has 5 nitrogen and oxygen atoms in total. The molecule has 1 saturated heterocycles. The molecule has 2 atom stereocenters. The monoisotopic (exact) mass is 298 g/mol. The SMILES string of the molecule is CCCC1CCN(C(=O)NC[C@H](CC(=O)O)CC(C)C)C1. The van der Waals surface area contributed by atoms with Crippen LogP contribution in [0.5, 0.6) is 0 Å². The summed E-state index contributed by atoms with van der Waals surface area (Å²) in [6.07, 6.45) is 4.38. The lowest BCUT2D eigenvalue weighted by atomic mass is 9.94. The van der Waals surface area contributed by atoms with E-state index in [4.69, 9.17) is 5.11 Å². The van der Waals surface area contributed by atoms with Crippen molar-refractivity contribution < 1.29 is 14.7 Å². The van der Waals surface area contributed by atoms with Gasteiger partial charge in [-0.3, -0.25) is 4.79 Å². The van der Waals surface area contributed by atoms with E-state index in [0.717, 1.165) is 32.4 Å². The molecule has 5 heteroatoms. The zero-order valence-corrected chi connectivity index (χ0v) is 13.6. The molecular weight excluding hydrogens is 268 g/mol. The van der Waals surface area contributed by atoms with Crippen LogP contribution in [0.15, 0.2) is 0 Å². The molecular formula is C16H30N2O3. The number of hydrogen-bond donors (Lipinski definition) is 2. The predicted octanol–water partition coefficient (Wildman–Crippen LogP) is 2.96. The highest BCUT2D eigenvalue weighted by atomic mass is 16.4. The molecule has 0 bridgehead atoms. The molecule has 1 aliphatic rings. The minimum absolute atomic E-state index is 0.0143. The van der Waals surface area contributed by atoms with E-state index in [2.05, 4.69) is 26.1 Å². The Morgan fingerprint density at radius 1 is 1.38 bits per heavy atom. The highest BCUT2D eigenvalue weighted by molar-refractivity contribution is 5.74. The third kappa shape index (κ3) is 6.82. The molecule has 0 saturated carbocycles. The van der Waals surface area contributed by atoms with Gasteiger partial charge in [0.25, 0.3) is 0 Å². The summed E-state index contributed by atoms with van der Waals surface area (Å²) in [5, 5.41) is 11.9. The number of nitrogens with one attached hydrogen (secondary N) is 1. The third-order valence-electron chi connectivity index (χ3n) is 4.08. The zero-order chi connectivity index (χ0) is 15.8. The van der Waals surface area contributed by atoms with Gasteiger partial charge < -0.3 is 15.3 Å². The fourth-order valence-corrected chi connectivity index (χ4v) is 3.16. The molecule has 0 aliphatic carbocycles. The summed E-state index contributed by atoms with van der Waals surface area (Å²) in [6, 6.07) is -0.0345. The van der Waals surface area contributed by atoms with E-state index in [9.17, 15) is 9.59 Å². The normalized spacial score (nSPS) is 19.8. The van der Waals surface area contributed by atoms with Crippen LogP contribution in [-0.4, -0.2) is 41.6 Å². The summed E-state index contributed by atoms with van der Waals surface area (Å²) in [5.41, 5.74) is 0. The molecule has 1 fully saturated rings. The van der Waals surface area contributed by atoms with Gasteiger partial charge in [0.15, 0.2) is 0 Å². The van der Waals surface area contributed by atoms with Gasteiger partial charge in [-0.2, -0.15) is 0 Å². The smallest absolute Gasteiger partial charge is 0.317 e. The third-order valence-corrected chi connectivity index (χ3v) is 4.08. The lowest BCUT2D eigenvalue weighted by Gasteiger charge is -2.21. The van der Waals surface area contributed by atoms with E-state index in [0.29, 0.717) is 18.4 Å². The van der Waals surface area contributed by atoms with Gasteiger partial charge >= 0.3 is 12.0 Å². The summed E-state index contributed by atoms with van der Waals surface area (Å²) in [6.45, 7) is 8.44. The number of carboxylic acid groups (broad SMARTS) is 1. The first kappa shape index (κ1) is 17.8. The average Bonchev–Trinajstić information content (AvgIpc) is 2.83. The predicted molar refractivity (Wildman–Crippen MR) is 83.2 cm³/mol. The number of hydrogen-bond acceptors (Lipinski definition) is 2. The molecule has 1 aliphatic heterocycles. The van der Waals surface area contributed by atoms with E-state index in [1.807, 2.05) is 4.90 Å². The molecule has 0 aromatic rings. The summed E-state index contributed by atoms with van der Waals surface area (Å²) >= 11 is 0. The van der Waals surface area contributed by atoms with Gasteiger partial charge in [-0.05, 0) is 37.0 Å². The second-order valence-electron chi connectivity index (χ2n) is 6.67. The molecule has 0 spiro atoms. The minimum Gasteiger partial charge on any atom is -0.481 e. The second-order valence-corrected chi connectivity index (χ2v) is 6.67. The molecule has 0 aromatic heterocycles. The zero-order valence-electron chi connectivity index (χ0n) is 13.6. The first-order chi connectivity index (χ1) is 9.92. The summed E-state index contributed by atoms with van der Waals surface area (Å²) in [7, 11) is 0. The van der Waals surface area contributed by atoms with E-state index in [1.165, 1.54) is 6.42 Å². The van der Waals surface area contributed by atoms with Crippen LogP contribution in [0.3, 0.4) is 0 Å². The Morgan fingerprint density at radius 3 is 2.67 bits per heavy atom. The van der Waals surface area contributed by atoms with Crippen LogP contribution in [0.1, 0.15) is 52.9 Å². The number of carbonyl (C=O) groups is 2. The van der Waals surface area contributed by atoms with E-state index in [1.54, 1.807) is 0 Å². The maximum absolute atomic E-state index is 12.1. The van der Waals surface area contributed by atoms with Crippen molar-refractivity contribution in [2.45, 2.75) is 52.9 Å². The van der Waals surface area contributed by atoms with Crippen molar-refractivity contribution >= 4 is 12.0 Å². The van der Waals surface area contributed by atoms with Gasteiger partial charge in [-0.15, -0.1) is 0 Å². The van der Waals surface area contributed by atoms with Crippen molar-refractivity contribution in [2.75, 3.05) is 19.6 Å². The fraction of sp³-hybridized carbons (Fsp3) is 0.875. The van der Waals surface area contributed by atoms with E-state index in [-0.39, 0.29) is 18.4 Å². The fourth-order valence-electron chi connectivity index (χ4n) is 3.16. The minimum atomic E-state index is -0.793. The highest BCUT2D eigenvalue weighted by Crippen LogP contribution is 2.21. The Bertz CT molecular complexity index is 344. The second kappa shape index (κ2) is 8.90. The Morgan fingerprint density at radius 2 is 2.10 bits per heavy atom. The average molecular weight is 298 g/mol. The molecule has 0 aromatic carbocycles. The molecule has 0 radical (unpaired) electrons. The van der Waals surface area contributed by atoms with Crippen molar-refractivity contribution in [3.8, 4) is 0 Å². The van der Waals surface area contributed by atoms with Gasteiger partial charge in [-0.25, -0.2) is 4.79 Å². The number of carbonyl (C=O) groups excluding carboxylic acids is 1. The van der Waals surface area contributed by atoms with Crippen LogP contribution in [0.4, 0.5) is 4.79 Å². The van der Waals surface area contributed by atoms with E-state index < -0.39 is 5.97 Å². The van der Waals surface area contributed by atoms with Gasteiger partial charge in [0.1, 0.15) is 0 Å². The maximum Gasteiger partial charge on any atom is 0.317 e. The van der Waals surface area contributed by atoms with Crippen molar-refractivity contribution in [2.24, 2.45) is 17.8 Å². The van der Waals surface area contributed by atoms with Gasteiger partial charge in [0.2, 0.25) is 0 Å². The molecule has 122 valence electrons. The van der Waals surface area contributed by atoms with Crippen molar-refractivity contribution in [1.82, 2.24) is 10.2 Å². The van der Waals surface area contributed by atoms with Gasteiger partial charge in [0, 0.05) is 26.1 Å². The van der Waals surface area contributed by atoms with Crippen LogP contribution >= 0.6 is 0 Å². The largest absolute Gasteiger partial charge is 0.481 e. The number of aliphatic carboxylic acids is 1. The van der Waals surface area contributed by atoms with Crippen LogP contribution in [-0.2, 0) is 4.79 Å². The standard InChI is InChI=1S/C16H30N2O3/c1-4-5-13-6-7-18(11-13)16(21)17-10-14(8-12(2)3)9-15(19)20/h12-14H,4-11H2,1-3H3,(H,17,21)(H,19,20)/t13?,14-/m0/s1. The topological polar surface area (TPSA) is 69.6 Å². The molecule has 1 rings (SSSR count). The Balaban J connectivity index is 2.37. The Kier molecular flexibility index (Phi) is 7.54. The first-order valence-corrected chi connectivity index (χ1v) is 8.16. The van der Waals surface area contributed by atoms with Crippen LogP contribution in [0.25, 0.3) is 0 Å². The molecule has 1 heterocycles. The van der Waals surface area contributed by atoms with Gasteiger partial charge in [-0.1, -0.05) is 27.2 Å². The van der Waals surface area contributed by atoms with Crippen LogP contribution < -0.4 is 5.32 Å². The molecule has 21 heavy (non-hydrogen) atoms. The quantitative estimate of drug-likeness (QED) is 0.724. The number of likely N-dealkylation sites (tertiary alicyclic amines) is 1. The maximum atomic E-state index is 12.1. The number of rotatable bonds is 8. The summed E-state index contributed by atoms with van der Waals surface area (Å²) < 4.78 is 0. The van der Waals surface area contributed by atoms with Crippen LogP contribution in [0.2, 0.25) is 0 Å². The summed E-state index contributed by atoms with van der Waals surface area (Å²) in [4.78, 5) is 24.9. The van der Waals surface area contributed by atoms with Gasteiger partial charge in [0.05, 0.1) is 0 Å². The lowest BCUT2D eigenvalue weighted by molar-refractivity contribution is -0.138. The number of carboxylic acids is 1. The van der Waals surface area contributed by atoms with Crippen molar-refractivity contribution in [1.29, 1.82) is 0 Å². The number of nitrogens with zero attached hydrogens (tertiary/aromatic N) is 1. The molecule has 2 amide bonds. The number of urea groups is 1. The Labute approximate surface area is 128 Å². The number of amides is 2. The Hall–Kier alpha value is -1.26. The lowest BCUT2D eigenvalue weighted by Crippen LogP contribution is -2.41. The molecule has 2 N–H and O–H groups in total. The van der Waals surface area contributed by atoms with Crippen molar-refractivity contribution in [3.05, 3.63) is 0 Å². The van der Waals surface area contributed by atoms with E-state index >= 15 is 0 Å². The first-order valence-electron chi connectivity index (χ1n) is 8.16. The highest BCUT2D eigenvalue weighted by Gasteiger charge is 2.26. The van der Waals surface area contributed by atoms with Crippen molar-refractivity contribution in [3.63, 3.8) is 0 Å². The molecule has 1 unspecified atom stereocenters. The summed E-state index contributed by atoms with van der Waals surface area (Å²) in [5.74, 6) is 0.290.